The topological polar surface area (TPSA) is 76.5 Å². The summed E-state index contributed by atoms with van der Waals surface area (Å²) in [7, 11) is 0. The van der Waals surface area contributed by atoms with E-state index in [1.54, 1.807) is 0 Å². The van der Waals surface area contributed by atoms with Gasteiger partial charge in [0.2, 0.25) is 0 Å². The van der Waals surface area contributed by atoms with E-state index < -0.39 is 0 Å². The zero-order valence-electron chi connectivity index (χ0n) is 27.7. The SMILES string of the molecule is CCc1cc(C(C)(C)C)cc(CNCC(C)(C)CNCc2cc(C(C)(C)C)cc(CNCC(C)(C)C)c2O)c1O. The van der Waals surface area contributed by atoms with E-state index in [2.05, 4.69) is 123 Å². The highest BCUT2D eigenvalue weighted by Crippen LogP contribution is 2.33. The molecule has 0 unspecified atom stereocenters. The van der Waals surface area contributed by atoms with Crippen LogP contribution >= 0.6 is 0 Å². The minimum absolute atomic E-state index is 0.00207. The highest BCUT2D eigenvalue weighted by molar-refractivity contribution is 5.46. The smallest absolute Gasteiger partial charge is 0.124 e. The first kappa shape index (κ1) is 34.1. The van der Waals surface area contributed by atoms with E-state index in [1.165, 1.54) is 11.1 Å². The molecule has 5 N–H and O–H groups in total. The molecule has 2 aromatic rings. The normalized spacial score (nSPS) is 13.2. The summed E-state index contributed by atoms with van der Waals surface area (Å²) >= 11 is 0. The van der Waals surface area contributed by atoms with Gasteiger partial charge in [0.05, 0.1) is 0 Å². The van der Waals surface area contributed by atoms with Gasteiger partial charge in [-0.15, -0.1) is 0 Å². The molecule has 226 valence electrons. The Balaban J connectivity index is 2.06. The number of phenolic OH excluding ortho intramolecular Hbond substituents is 2. The van der Waals surface area contributed by atoms with Crippen LogP contribution in [0.3, 0.4) is 0 Å². The van der Waals surface area contributed by atoms with Crippen LogP contribution < -0.4 is 16.0 Å². The molecule has 2 aromatic carbocycles. The van der Waals surface area contributed by atoms with Crippen molar-refractivity contribution in [2.75, 3.05) is 19.6 Å². The monoisotopic (exact) mass is 553 g/mol. The van der Waals surface area contributed by atoms with Crippen molar-refractivity contribution in [3.05, 3.63) is 57.6 Å². The van der Waals surface area contributed by atoms with E-state index in [0.717, 1.165) is 48.3 Å². The predicted octanol–water partition coefficient (Wildman–Crippen LogP) is 7.30. The standard InChI is InChI=1S/C35H59N3O2/c1-13-24-14-28(33(5,6)7)15-25(30(24)39)19-37-22-35(11,12)23-38-20-27-17-29(34(8,9)10)16-26(31(27)40)18-36-21-32(2,3)4/h14-17,36-40H,13,18-23H2,1-12H3. The molecule has 40 heavy (non-hydrogen) atoms. The van der Waals surface area contributed by atoms with Crippen molar-refractivity contribution >= 4 is 0 Å². The fourth-order valence-corrected chi connectivity index (χ4v) is 4.77. The Morgan fingerprint density at radius 1 is 0.525 bits per heavy atom. The number of phenols is 2. The first-order valence-corrected chi connectivity index (χ1v) is 15.1. The molecule has 0 spiro atoms. The molecule has 0 aliphatic carbocycles. The molecular weight excluding hydrogens is 494 g/mol. The van der Waals surface area contributed by atoms with Crippen molar-refractivity contribution in [3.8, 4) is 11.5 Å². The van der Waals surface area contributed by atoms with Crippen molar-refractivity contribution < 1.29 is 10.2 Å². The van der Waals surface area contributed by atoms with Gasteiger partial charge in [-0.05, 0) is 44.8 Å². The van der Waals surface area contributed by atoms with Crippen LogP contribution in [0, 0.1) is 10.8 Å². The zero-order chi connectivity index (χ0) is 30.5. The Bertz CT molecular complexity index is 1120. The van der Waals surface area contributed by atoms with Crippen LogP contribution in [0.1, 0.15) is 116 Å². The summed E-state index contributed by atoms with van der Waals surface area (Å²) in [4.78, 5) is 0. The van der Waals surface area contributed by atoms with Crippen LogP contribution in [0.15, 0.2) is 24.3 Å². The Morgan fingerprint density at radius 3 is 1.18 bits per heavy atom. The van der Waals surface area contributed by atoms with Crippen LogP contribution in [0.25, 0.3) is 0 Å². The van der Waals surface area contributed by atoms with Gasteiger partial charge in [0.25, 0.3) is 0 Å². The molecule has 0 bridgehead atoms. The van der Waals surface area contributed by atoms with Crippen molar-refractivity contribution in [2.45, 2.75) is 120 Å². The van der Waals surface area contributed by atoms with Gasteiger partial charge in [0.1, 0.15) is 11.5 Å². The number of hydrogen-bond donors (Lipinski definition) is 5. The third-order valence-corrected chi connectivity index (χ3v) is 7.46. The first-order chi connectivity index (χ1) is 18.2. The Labute approximate surface area is 245 Å². The lowest BCUT2D eigenvalue weighted by Crippen LogP contribution is -2.37. The van der Waals surface area contributed by atoms with E-state index in [4.69, 9.17) is 0 Å². The van der Waals surface area contributed by atoms with Gasteiger partial charge >= 0.3 is 0 Å². The van der Waals surface area contributed by atoms with Crippen LogP contribution in [-0.4, -0.2) is 29.8 Å². The summed E-state index contributed by atoms with van der Waals surface area (Å²) in [6.07, 6.45) is 0.815. The predicted molar refractivity (Wildman–Crippen MR) is 171 cm³/mol. The van der Waals surface area contributed by atoms with Crippen LogP contribution in [0.2, 0.25) is 0 Å². The van der Waals surface area contributed by atoms with Gasteiger partial charge in [0.15, 0.2) is 0 Å². The number of benzene rings is 2. The van der Waals surface area contributed by atoms with Gasteiger partial charge in [0, 0.05) is 56.0 Å². The van der Waals surface area contributed by atoms with E-state index >= 15 is 0 Å². The molecule has 5 nitrogen and oxygen atoms in total. The molecule has 0 aromatic heterocycles. The highest BCUT2D eigenvalue weighted by atomic mass is 16.3. The highest BCUT2D eigenvalue weighted by Gasteiger charge is 2.22. The first-order valence-electron chi connectivity index (χ1n) is 15.1. The second-order valence-electron chi connectivity index (χ2n) is 15.7. The van der Waals surface area contributed by atoms with Crippen molar-refractivity contribution in [1.82, 2.24) is 16.0 Å². The minimum Gasteiger partial charge on any atom is -0.507 e. The molecule has 0 fully saturated rings. The molecule has 2 rings (SSSR count). The summed E-state index contributed by atoms with van der Waals surface area (Å²) in [5.74, 6) is 0.805. The summed E-state index contributed by atoms with van der Waals surface area (Å²) < 4.78 is 0. The average Bonchev–Trinajstić information content (AvgIpc) is 2.79. The van der Waals surface area contributed by atoms with Gasteiger partial charge < -0.3 is 26.2 Å². The fourth-order valence-electron chi connectivity index (χ4n) is 4.77. The number of aryl methyl sites for hydroxylation is 1. The van der Waals surface area contributed by atoms with E-state index in [1.807, 2.05) is 0 Å². The number of hydrogen-bond acceptors (Lipinski definition) is 5. The molecule has 0 atom stereocenters. The van der Waals surface area contributed by atoms with Crippen molar-refractivity contribution in [2.24, 2.45) is 10.8 Å². The van der Waals surface area contributed by atoms with E-state index in [9.17, 15) is 10.2 Å². The summed E-state index contributed by atoms with van der Waals surface area (Å²) in [6.45, 7) is 30.9. The molecule has 0 saturated carbocycles. The second kappa shape index (κ2) is 13.3. The third-order valence-electron chi connectivity index (χ3n) is 7.46. The maximum atomic E-state index is 11.1. The van der Waals surface area contributed by atoms with Gasteiger partial charge in [-0.3, -0.25) is 0 Å². The Hall–Kier alpha value is -2.08. The van der Waals surface area contributed by atoms with Crippen LogP contribution in [0.4, 0.5) is 0 Å². The molecule has 5 heteroatoms. The van der Waals surface area contributed by atoms with Crippen LogP contribution in [-0.2, 0) is 36.9 Å². The fraction of sp³-hybridized carbons (Fsp3) is 0.657. The molecular formula is C35H59N3O2. The minimum atomic E-state index is -0.0147. The Morgan fingerprint density at radius 2 is 0.850 bits per heavy atom. The molecule has 0 aliphatic rings. The van der Waals surface area contributed by atoms with E-state index in [-0.39, 0.29) is 21.7 Å². The van der Waals surface area contributed by atoms with Gasteiger partial charge in [-0.1, -0.05) is 107 Å². The quantitative estimate of drug-likeness (QED) is 0.191. The van der Waals surface area contributed by atoms with Gasteiger partial charge in [-0.2, -0.15) is 0 Å². The molecule has 0 heterocycles. The molecule has 0 amide bonds. The van der Waals surface area contributed by atoms with Crippen molar-refractivity contribution in [1.29, 1.82) is 0 Å². The second-order valence-corrected chi connectivity index (χ2v) is 15.7. The number of rotatable bonds is 12. The maximum Gasteiger partial charge on any atom is 0.124 e. The summed E-state index contributed by atoms with van der Waals surface area (Å²) in [6, 6.07) is 8.59. The largest absolute Gasteiger partial charge is 0.507 e. The lowest BCUT2D eigenvalue weighted by atomic mass is 9.84. The maximum absolute atomic E-state index is 11.1. The summed E-state index contributed by atoms with van der Waals surface area (Å²) in [5.41, 5.74) is 6.57. The lowest BCUT2D eigenvalue weighted by Gasteiger charge is -2.27. The van der Waals surface area contributed by atoms with Crippen LogP contribution in [0.5, 0.6) is 11.5 Å². The molecule has 0 aliphatic heterocycles. The molecule has 0 saturated heterocycles. The number of nitrogens with one attached hydrogen (secondary N) is 3. The molecule has 0 radical (unpaired) electrons. The van der Waals surface area contributed by atoms with Crippen molar-refractivity contribution in [3.63, 3.8) is 0 Å². The van der Waals surface area contributed by atoms with Gasteiger partial charge in [-0.25, -0.2) is 0 Å². The Kier molecular flexibility index (Phi) is 11.3. The summed E-state index contributed by atoms with van der Waals surface area (Å²) in [5, 5.41) is 32.7. The van der Waals surface area contributed by atoms with E-state index in [0.29, 0.717) is 31.1 Å². The number of aromatic hydroxyl groups is 2. The lowest BCUT2D eigenvalue weighted by molar-refractivity contribution is 0.316. The average molecular weight is 554 g/mol. The third kappa shape index (κ3) is 10.4. The zero-order valence-corrected chi connectivity index (χ0v) is 27.7.